The number of anilines is 1. The monoisotopic (exact) mass is 340 g/mol. The average Bonchev–Trinajstić information content (AvgIpc) is 2.52. The largest absolute Gasteiger partial charge is 0.416 e. The highest BCUT2D eigenvalue weighted by atomic mass is 19.4. The van der Waals surface area contributed by atoms with Gasteiger partial charge in [-0.3, -0.25) is 4.79 Å². The number of nitrogens with one attached hydrogen (secondary N) is 1. The van der Waals surface area contributed by atoms with E-state index in [2.05, 4.69) is 5.32 Å². The second-order valence-electron chi connectivity index (χ2n) is 5.43. The number of hydrogen-bond acceptors (Lipinski definition) is 2. The molecular formula is C17H16F4N2O. The van der Waals surface area contributed by atoms with Crippen LogP contribution >= 0.6 is 0 Å². The van der Waals surface area contributed by atoms with Crippen LogP contribution in [0.4, 0.5) is 23.2 Å². The predicted octanol–water partition coefficient (Wildman–Crippen LogP) is 3.84. The molecule has 24 heavy (non-hydrogen) atoms. The molecule has 0 aliphatic carbocycles. The highest BCUT2D eigenvalue weighted by Gasteiger charge is 2.33. The molecule has 0 spiro atoms. The zero-order chi connectivity index (χ0) is 17.9. The molecule has 1 amide bonds. The summed E-state index contributed by atoms with van der Waals surface area (Å²) in [6.45, 7) is -0.347. The molecule has 0 saturated carbocycles. The Morgan fingerprint density at radius 2 is 1.83 bits per heavy atom. The Balaban J connectivity index is 2.17. The second kappa shape index (κ2) is 6.90. The highest BCUT2D eigenvalue weighted by Crippen LogP contribution is 2.32. The van der Waals surface area contributed by atoms with E-state index in [9.17, 15) is 22.4 Å². The van der Waals surface area contributed by atoms with Crippen molar-refractivity contribution >= 4 is 11.6 Å². The predicted molar refractivity (Wildman–Crippen MR) is 83.3 cm³/mol. The molecule has 0 heterocycles. The molecule has 2 rings (SSSR count). The Labute approximate surface area is 136 Å². The molecule has 0 radical (unpaired) electrons. The van der Waals surface area contributed by atoms with E-state index < -0.39 is 23.5 Å². The van der Waals surface area contributed by atoms with Gasteiger partial charge in [0.15, 0.2) is 0 Å². The Morgan fingerprint density at radius 1 is 1.12 bits per heavy atom. The van der Waals surface area contributed by atoms with Crippen LogP contribution in [0.2, 0.25) is 0 Å². The minimum Gasteiger partial charge on any atom is -0.378 e. The molecule has 128 valence electrons. The van der Waals surface area contributed by atoms with Crippen molar-refractivity contribution in [3.05, 3.63) is 65.0 Å². The molecule has 1 N–H and O–H groups in total. The lowest BCUT2D eigenvalue weighted by Gasteiger charge is -2.15. The molecule has 0 saturated heterocycles. The number of halogens is 4. The zero-order valence-electron chi connectivity index (χ0n) is 13.1. The van der Waals surface area contributed by atoms with Crippen molar-refractivity contribution < 1.29 is 22.4 Å². The summed E-state index contributed by atoms with van der Waals surface area (Å²) < 4.78 is 51.9. The number of alkyl halides is 3. The van der Waals surface area contributed by atoms with Crippen LogP contribution in [0.25, 0.3) is 0 Å². The first kappa shape index (κ1) is 17.8. The van der Waals surface area contributed by atoms with Gasteiger partial charge in [-0.05, 0) is 35.9 Å². The van der Waals surface area contributed by atoms with Crippen LogP contribution in [0.15, 0.2) is 42.5 Å². The van der Waals surface area contributed by atoms with Gasteiger partial charge in [-0.2, -0.15) is 13.2 Å². The summed E-state index contributed by atoms with van der Waals surface area (Å²) in [7, 11) is 3.62. The SMILES string of the molecule is CN(C)c1cccc(C(=O)NCc2ccc(F)cc2C(F)(F)F)c1. The molecule has 0 aliphatic rings. The summed E-state index contributed by atoms with van der Waals surface area (Å²) in [4.78, 5) is 13.9. The summed E-state index contributed by atoms with van der Waals surface area (Å²) in [5.41, 5.74) is -0.164. The molecule has 0 fully saturated rings. The van der Waals surface area contributed by atoms with Crippen LogP contribution in [0.3, 0.4) is 0 Å². The highest BCUT2D eigenvalue weighted by molar-refractivity contribution is 5.95. The third-order valence-electron chi connectivity index (χ3n) is 3.44. The molecule has 0 bridgehead atoms. The van der Waals surface area contributed by atoms with E-state index in [1.807, 2.05) is 14.1 Å². The van der Waals surface area contributed by atoms with E-state index in [0.29, 0.717) is 11.6 Å². The maximum atomic E-state index is 13.1. The number of rotatable bonds is 4. The van der Waals surface area contributed by atoms with Crippen molar-refractivity contribution in [3.8, 4) is 0 Å². The lowest BCUT2D eigenvalue weighted by molar-refractivity contribution is -0.138. The Bertz CT molecular complexity index is 742. The third-order valence-corrected chi connectivity index (χ3v) is 3.44. The van der Waals surface area contributed by atoms with Gasteiger partial charge >= 0.3 is 6.18 Å². The number of amides is 1. The van der Waals surface area contributed by atoms with E-state index in [1.165, 1.54) is 0 Å². The lowest BCUT2D eigenvalue weighted by Crippen LogP contribution is -2.25. The van der Waals surface area contributed by atoms with Gasteiger partial charge in [0.25, 0.3) is 5.91 Å². The summed E-state index contributed by atoms with van der Waals surface area (Å²) in [6, 6.07) is 9.07. The topological polar surface area (TPSA) is 32.3 Å². The van der Waals surface area contributed by atoms with E-state index in [1.54, 1.807) is 29.2 Å². The van der Waals surface area contributed by atoms with Crippen molar-refractivity contribution in [2.24, 2.45) is 0 Å². The first-order valence-corrected chi connectivity index (χ1v) is 7.09. The Morgan fingerprint density at radius 3 is 2.46 bits per heavy atom. The lowest BCUT2D eigenvalue weighted by atomic mass is 10.1. The van der Waals surface area contributed by atoms with Gasteiger partial charge in [0.1, 0.15) is 5.82 Å². The number of benzene rings is 2. The molecule has 2 aromatic carbocycles. The number of hydrogen-bond donors (Lipinski definition) is 1. The van der Waals surface area contributed by atoms with E-state index >= 15 is 0 Å². The van der Waals surface area contributed by atoms with Crippen molar-refractivity contribution in [1.82, 2.24) is 5.32 Å². The van der Waals surface area contributed by atoms with E-state index in [4.69, 9.17) is 0 Å². The molecule has 7 heteroatoms. The van der Waals surface area contributed by atoms with E-state index in [-0.39, 0.29) is 12.1 Å². The molecule has 0 unspecified atom stereocenters. The summed E-state index contributed by atoms with van der Waals surface area (Å²) in [5, 5.41) is 2.43. The molecule has 2 aromatic rings. The minimum absolute atomic E-state index is 0.194. The number of carbonyl (C=O) groups is 1. The Hall–Kier alpha value is -2.57. The number of nitrogens with zero attached hydrogens (tertiary/aromatic N) is 1. The van der Waals surface area contributed by atoms with Crippen molar-refractivity contribution in [1.29, 1.82) is 0 Å². The van der Waals surface area contributed by atoms with Crippen LogP contribution in [0, 0.1) is 5.82 Å². The summed E-state index contributed by atoms with van der Waals surface area (Å²) >= 11 is 0. The molecular weight excluding hydrogens is 324 g/mol. The van der Waals surface area contributed by atoms with E-state index in [0.717, 1.165) is 17.8 Å². The smallest absolute Gasteiger partial charge is 0.378 e. The first-order valence-electron chi connectivity index (χ1n) is 7.09. The van der Waals surface area contributed by atoms with Crippen LogP contribution in [-0.4, -0.2) is 20.0 Å². The van der Waals surface area contributed by atoms with Gasteiger partial charge in [-0.15, -0.1) is 0 Å². The first-order chi connectivity index (χ1) is 11.2. The molecule has 0 aliphatic heterocycles. The van der Waals surface area contributed by atoms with Crippen LogP contribution in [0.1, 0.15) is 21.5 Å². The second-order valence-corrected chi connectivity index (χ2v) is 5.43. The molecule has 0 aromatic heterocycles. The molecule has 3 nitrogen and oxygen atoms in total. The minimum atomic E-state index is -4.69. The zero-order valence-corrected chi connectivity index (χ0v) is 13.1. The van der Waals surface area contributed by atoms with Gasteiger partial charge in [-0.25, -0.2) is 4.39 Å². The van der Waals surface area contributed by atoms with Gasteiger partial charge in [0, 0.05) is 31.9 Å². The summed E-state index contributed by atoms with van der Waals surface area (Å²) in [5.74, 6) is -1.48. The fourth-order valence-corrected chi connectivity index (χ4v) is 2.17. The fraction of sp³-hybridized carbons (Fsp3) is 0.235. The van der Waals surface area contributed by atoms with Crippen LogP contribution in [-0.2, 0) is 12.7 Å². The van der Waals surface area contributed by atoms with Crippen molar-refractivity contribution in [2.45, 2.75) is 12.7 Å². The quantitative estimate of drug-likeness (QED) is 0.858. The standard InChI is InChI=1S/C17H16F4N2O/c1-23(2)14-5-3-4-11(8-14)16(24)22-10-12-6-7-13(18)9-15(12)17(19,20)21/h3-9H,10H2,1-2H3,(H,22,24). The van der Waals surface area contributed by atoms with Crippen LogP contribution in [0.5, 0.6) is 0 Å². The van der Waals surface area contributed by atoms with Gasteiger partial charge < -0.3 is 10.2 Å². The average molecular weight is 340 g/mol. The molecule has 0 atom stereocenters. The fourth-order valence-electron chi connectivity index (χ4n) is 2.17. The maximum Gasteiger partial charge on any atom is 0.416 e. The Kier molecular flexibility index (Phi) is 5.11. The van der Waals surface area contributed by atoms with Gasteiger partial charge in [0.05, 0.1) is 5.56 Å². The van der Waals surface area contributed by atoms with Crippen molar-refractivity contribution in [2.75, 3.05) is 19.0 Å². The van der Waals surface area contributed by atoms with Gasteiger partial charge in [0.2, 0.25) is 0 Å². The maximum absolute atomic E-state index is 13.1. The third kappa shape index (κ3) is 4.24. The summed E-state index contributed by atoms with van der Waals surface area (Å²) in [6.07, 6.45) is -4.69. The van der Waals surface area contributed by atoms with Crippen LogP contribution < -0.4 is 10.2 Å². The normalized spacial score (nSPS) is 11.2. The van der Waals surface area contributed by atoms with Crippen molar-refractivity contribution in [3.63, 3.8) is 0 Å². The number of carbonyl (C=O) groups excluding carboxylic acids is 1. The van der Waals surface area contributed by atoms with Gasteiger partial charge in [-0.1, -0.05) is 12.1 Å².